The van der Waals surface area contributed by atoms with Crippen molar-refractivity contribution in [2.24, 2.45) is 28.3 Å². The van der Waals surface area contributed by atoms with Gasteiger partial charge in [0.15, 0.2) is 0 Å². The quantitative estimate of drug-likeness (QED) is 0.215. The molecule has 0 spiro atoms. The normalized spacial score (nSPS) is 24.3. The zero-order chi connectivity index (χ0) is 31.7. The molecule has 5 heteroatoms. The zero-order valence-electron chi connectivity index (χ0n) is 26.4. The van der Waals surface area contributed by atoms with Crippen LogP contribution in [0.25, 0.3) is 22.4 Å². The Labute approximate surface area is 276 Å². The van der Waals surface area contributed by atoms with Crippen molar-refractivity contribution in [3.63, 3.8) is 0 Å². The van der Waals surface area contributed by atoms with Crippen molar-refractivity contribution < 1.29 is 4.74 Å². The van der Waals surface area contributed by atoms with Gasteiger partial charge in [-0.2, -0.15) is 0 Å². The summed E-state index contributed by atoms with van der Waals surface area (Å²) in [7, 11) is 0. The Hall–Kier alpha value is -4.81. The Morgan fingerprint density at radius 1 is 0.787 bits per heavy atom. The van der Waals surface area contributed by atoms with Crippen LogP contribution >= 0.6 is 0 Å². The Morgan fingerprint density at radius 2 is 1.57 bits per heavy atom. The van der Waals surface area contributed by atoms with E-state index in [1.54, 1.807) is 0 Å². The molecule has 0 amide bonds. The minimum atomic E-state index is -0.702. The minimum Gasteiger partial charge on any atom is -0.363 e. The van der Waals surface area contributed by atoms with Crippen LogP contribution in [0.4, 0.5) is 0 Å². The summed E-state index contributed by atoms with van der Waals surface area (Å²) in [5.74, 6) is 1.37. The summed E-state index contributed by atoms with van der Waals surface area (Å²) in [5, 5.41) is 8.86. The van der Waals surface area contributed by atoms with Crippen LogP contribution < -0.4 is 27.2 Å². The number of fused-ring (bicyclic) bond motifs is 3. The molecule has 6 atom stereocenters. The highest BCUT2D eigenvalue weighted by atomic mass is 16.5. The molecule has 4 aromatic rings. The predicted molar refractivity (Wildman–Crippen MR) is 192 cm³/mol. The van der Waals surface area contributed by atoms with Gasteiger partial charge in [0, 0.05) is 23.0 Å². The van der Waals surface area contributed by atoms with Gasteiger partial charge in [-0.3, -0.25) is 4.99 Å². The van der Waals surface area contributed by atoms with Gasteiger partial charge in [0.1, 0.15) is 18.3 Å². The van der Waals surface area contributed by atoms with Crippen LogP contribution in [0.15, 0.2) is 144 Å². The zero-order valence-corrected chi connectivity index (χ0v) is 26.4. The van der Waals surface area contributed by atoms with Crippen molar-refractivity contribution >= 4 is 28.3 Å². The van der Waals surface area contributed by atoms with Crippen molar-refractivity contribution in [1.82, 2.24) is 5.32 Å². The Kier molecular flexibility index (Phi) is 8.04. The van der Waals surface area contributed by atoms with Crippen LogP contribution in [0.1, 0.15) is 48.2 Å². The maximum Gasteiger partial charge on any atom is 0.134 e. The number of nitrogens with one attached hydrogen (secondary N) is 1. The largest absolute Gasteiger partial charge is 0.363 e. The van der Waals surface area contributed by atoms with E-state index < -0.39 is 12.5 Å². The van der Waals surface area contributed by atoms with Gasteiger partial charge in [-0.25, -0.2) is 0 Å². The first-order valence-corrected chi connectivity index (χ1v) is 16.7. The fraction of sp³-hybridized carbons (Fsp3) is 0.214. The molecule has 234 valence electrons. The van der Waals surface area contributed by atoms with E-state index in [0.29, 0.717) is 0 Å². The maximum atomic E-state index is 6.89. The SMILES string of the molecule is NC(OC(N)c1ccccc1C1CC(C2=c3ccccc3=CCC2)N=C(c2cccc3ccccc23)N1)C1=CC=CC2C=CC=CC12. The summed E-state index contributed by atoms with van der Waals surface area (Å²) in [5.41, 5.74) is 19.2. The van der Waals surface area contributed by atoms with E-state index in [9.17, 15) is 0 Å². The monoisotopic (exact) mass is 616 g/mol. The van der Waals surface area contributed by atoms with E-state index in [1.807, 2.05) is 6.07 Å². The second kappa shape index (κ2) is 12.8. The van der Waals surface area contributed by atoms with Crippen LogP contribution in [-0.2, 0) is 4.74 Å². The molecular weight excluding hydrogens is 576 g/mol. The number of benzene rings is 4. The van der Waals surface area contributed by atoms with Crippen molar-refractivity contribution in [3.05, 3.63) is 166 Å². The second-order valence-corrected chi connectivity index (χ2v) is 12.8. The maximum absolute atomic E-state index is 6.89. The van der Waals surface area contributed by atoms with E-state index in [0.717, 1.165) is 47.4 Å². The van der Waals surface area contributed by atoms with Gasteiger partial charge in [0.2, 0.25) is 0 Å². The molecule has 0 bridgehead atoms. The van der Waals surface area contributed by atoms with Gasteiger partial charge >= 0.3 is 0 Å². The molecular formula is C42H40N4O. The number of hydrogen-bond donors (Lipinski definition) is 3. The molecule has 4 aromatic carbocycles. The van der Waals surface area contributed by atoms with Gasteiger partial charge in [-0.05, 0) is 57.2 Å². The number of hydrogen-bond acceptors (Lipinski definition) is 5. The molecule has 6 unspecified atom stereocenters. The molecule has 0 fully saturated rings. The standard InChI is InChI=1S/C42H40N4O/c43-40(35-24-10-16-28-13-2-5-19-31(28)35)47-41(44)36-22-8-7-21-34(36)39-26-38(33-23-9-15-27-12-1-4-18-30(27)33)45-42(46-39)37-25-11-17-29-14-3-6-20-32(29)37/h1-8,10-22,24-25,28,31,38-41H,9,23,26,43-44H2,(H,45,46). The lowest BCUT2D eigenvalue weighted by Gasteiger charge is -2.35. The van der Waals surface area contributed by atoms with Crippen LogP contribution in [0.3, 0.4) is 0 Å². The van der Waals surface area contributed by atoms with E-state index >= 15 is 0 Å². The first kappa shape index (κ1) is 29.6. The Morgan fingerprint density at radius 3 is 2.53 bits per heavy atom. The smallest absolute Gasteiger partial charge is 0.134 e. The van der Waals surface area contributed by atoms with Crippen molar-refractivity contribution in [1.29, 1.82) is 0 Å². The number of rotatable bonds is 7. The number of nitrogens with zero attached hydrogens (tertiary/aromatic N) is 1. The lowest BCUT2D eigenvalue weighted by atomic mass is 9.79. The number of nitrogens with two attached hydrogens (primary N) is 2. The number of ether oxygens (including phenoxy) is 1. The van der Waals surface area contributed by atoms with Gasteiger partial charge in [0.05, 0.1) is 12.1 Å². The Bertz CT molecular complexity index is 2100. The lowest BCUT2D eigenvalue weighted by molar-refractivity contribution is 0.00788. The van der Waals surface area contributed by atoms with Crippen molar-refractivity contribution in [3.8, 4) is 0 Å². The van der Waals surface area contributed by atoms with E-state index in [4.69, 9.17) is 21.2 Å². The summed E-state index contributed by atoms with van der Waals surface area (Å²) in [6.07, 6.45) is 18.8. The summed E-state index contributed by atoms with van der Waals surface area (Å²) < 4.78 is 6.44. The lowest BCUT2D eigenvalue weighted by Crippen LogP contribution is -2.41. The molecule has 1 heterocycles. The molecule has 0 aromatic heterocycles. The Balaban J connectivity index is 1.17. The molecule has 0 saturated heterocycles. The molecule has 47 heavy (non-hydrogen) atoms. The summed E-state index contributed by atoms with van der Waals surface area (Å²) >= 11 is 0. The van der Waals surface area contributed by atoms with Gasteiger partial charge in [0.25, 0.3) is 0 Å². The average Bonchev–Trinajstić information content (AvgIpc) is 3.14. The average molecular weight is 617 g/mol. The van der Waals surface area contributed by atoms with Crippen molar-refractivity contribution in [2.75, 3.05) is 0 Å². The molecule has 8 rings (SSSR count). The van der Waals surface area contributed by atoms with Crippen LogP contribution in [0, 0.1) is 11.8 Å². The molecule has 0 radical (unpaired) electrons. The fourth-order valence-corrected chi connectivity index (χ4v) is 7.76. The molecule has 5 N–H and O–H groups in total. The van der Waals surface area contributed by atoms with Gasteiger partial charge in [-0.15, -0.1) is 0 Å². The number of allylic oxidation sites excluding steroid dienone is 7. The summed E-state index contributed by atoms with van der Waals surface area (Å²) in [4.78, 5) is 5.47. The highest BCUT2D eigenvalue weighted by Gasteiger charge is 2.32. The third kappa shape index (κ3) is 5.72. The third-order valence-corrected chi connectivity index (χ3v) is 10.1. The summed E-state index contributed by atoms with van der Waals surface area (Å²) in [6.45, 7) is 0. The predicted octanol–water partition coefficient (Wildman–Crippen LogP) is 6.23. The fourth-order valence-electron chi connectivity index (χ4n) is 7.76. The third-order valence-electron chi connectivity index (χ3n) is 10.1. The molecule has 3 aliphatic carbocycles. The van der Waals surface area contributed by atoms with Gasteiger partial charge in [-0.1, -0.05) is 140 Å². The molecule has 0 saturated carbocycles. The number of amidine groups is 1. The van der Waals surface area contributed by atoms with Crippen LogP contribution in [0.2, 0.25) is 0 Å². The summed E-state index contributed by atoms with van der Waals surface area (Å²) in [6, 6.07) is 32.1. The van der Waals surface area contributed by atoms with Crippen molar-refractivity contribution in [2.45, 2.75) is 43.8 Å². The van der Waals surface area contributed by atoms with E-state index in [2.05, 4.69) is 139 Å². The minimum absolute atomic E-state index is 0.0137. The van der Waals surface area contributed by atoms with Crippen LogP contribution in [0.5, 0.6) is 0 Å². The van der Waals surface area contributed by atoms with E-state index in [-0.39, 0.29) is 23.9 Å². The molecule has 1 aliphatic heterocycles. The van der Waals surface area contributed by atoms with Crippen LogP contribution in [-0.4, -0.2) is 18.1 Å². The topological polar surface area (TPSA) is 85.7 Å². The van der Waals surface area contributed by atoms with E-state index in [1.165, 1.54) is 26.8 Å². The first-order valence-electron chi connectivity index (χ1n) is 16.7. The number of aliphatic imine (C=N–C) groups is 1. The second-order valence-electron chi connectivity index (χ2n) is 12.8. The van der Waals surface area contributed by atoms with Gasteiger partial charge < -0.3 is 21.5 Å². The first-order chi connectivity index (χ1) is 23.1. The highest BCUT2D eigenvalue weighted by Crippen LogP contribution is 2.37. The molecule has 5 nitrogen and oxygen atoms in total. The molecule has 4 aliphatic rings. The highest BCUT2D eigenvalue weighted by molar-refractivity contribution is 6.10.